The molecule has 2 fully saturated rings. The van der Waals surface area contributed by atoms with Crippen LogP contribution in [0.1, 0.15) is 42.7 Å². The number of piperidine rings is 1. The van der Waals surface area contributed by atoms with Gasteiger partial charge in [-0.2, -0.15) is 0 Å². The van der Waals surface area contributed by atoms with Crippen LogP contribution in [0, 0.1) is 12.8 Å². The molecule has 1 N–H and O–H groups in total. The summed E-state index contributed by atoms with van der Waals surface area (Å²) in [5.74, 6) is 1.81. The van der Waals surface area contributed by atoms with Gasteiger partial charge in [0, 0.05) is 48.1 Å². The van der Waals surface area contributed by atoms with Crippen molar-refractivity contribution in [2.24, 2.45) is 5.92 Å². The number of ether oxygens (including phenoxy) is 2. The minimum absolute atomic E-state index is 0.179. The smallest absolute Gasteiger partial charge is 0.217 e. The van der Waals surface area contributed by atoms with E-state index >= 15 is 0 Å². The Morgan fingerprint density at radius 2 is 1.88 bits per heavy atom. The number of anilines is 1. The Bertz CT molecular complexity index is 1470. The number of aromatic nitrogens is 3. The molecule has 2 saturated heterocycles. The summed E-state index contributed by atoms with van der Waals surface area (Å²) in [4.78, 5) is 20.4. The van der Waals surface area contributed by atoms with Gasteiger partial charge in [-0.25, -0.2) is 23.4 Å². The van der Waals surface area contributed by atoms with E-state index < -0.39 is 15.4 Å². The molecule has 5 heterocycles. The van der Waals surface area contributed by atoms with Crippen LogP contribution in [0.15, 0.2) is 12.3 Å². The number of likely N-dealkylation sites (tertiary alicyclic amines) is 1. The van der Waals surface area contributed by atoms with E-state index in [0.717, 1.165) is 67.2 Å². The molecule has 0 aliphatic carbocycles. The summed E-state index contributed by atoms with van der Waals surface area (Å²) in [5.41, 5.74) is 2.54. The standard InChI is InChI=1S/C28H39N5O5S2/c1-18-22(16-32-8-6-21(7-9-32)28(2,3)34)39-24-23(18)30-25(31-26(24)33-10-12-38-13-11-33)19-14-20(17-40(5,35)36)27(37-4)29-15-19/h14-15,21,34H,6-13,16-17H2,1-5H3. The van der Waals surface area contributed by atoms with Crippen LogP contribution in [0.3, 0.4) is 0 Å². The van der Waals surface area contributed by atoms with E-state index in [4.69, 9.17) is 19.4 Å². The zero-order chi connectivity index (χ0) is 28.7. The first-order valence-electron chi connectivity index (χ1n) is 13.7. The summed E-state index contributed by atoms with van der Waals surface area (Å²) in [6.45, 7) is 11.4. The number of nitrogens with zero attached hydrogens (tertiary/aromatic N) is 5. The minimum Gasteiger partial charge on any atom is -0.481 e. The third kappa shape index (κ3) is 6.41. The van der Waals surface area contributed by atoms with E-state index in [9.17, 15) is 13.5 Å². The molecule has 0 radical (unpaired) electrons. The molecule has 2 aliphatic rings. The molecule has 40 heavy (non-hydrogen) atoms. The van der Waals surface area contributed by atoms with E-state index in [0.29, 0.717) is 36.1 Å². The number of morpholine rings is 1. The van der Waals surface area contributed by atoms with Gasteiger partial charge >= 0.3 is 0 Å². The van der Waals surface area contributed by atoms with Gasteiger partial charge in [0.15, 0.2) is 21.5 Å². The molecule has 0 amide bonds. The summed E-state index contributed by atoms with van der Waals surface area (Å²) < 4.78 is 36.2. The van der Waals surface area contributed by atoms with Crippen molar-refractivity contribution in [1.29, 1.82) is 0 Å². The van der Waals surface area contributed by atoms with Crippen molar-refractivity contribution >= 4 is 37.2 Å². The lowest BCUT2D eigenvalue weighted by atomic mass is 9.83. The topological polar surface area (TPSA) is 118 Å². The molecule has 0 bridgehead atoms. The number of aliphatic hydroxyl groups is 1. The van der Waals surface area contributed by atoms with Crippen LogP contribution in [-0.2, 0) is 26.9 Å². The van der Waals surface area contributed by atoms with Gasteiger partial charge in [0.2, 0.25) is 5.88 Å². The fourth-order valence-electron chi connectivity index (χ4n) is 5.58. The van der Waals surface area contributed by atoms with Crippen LogP contribution >= 0.6 is 11.3 Å². The number of pyridine rings is 1. The Kier molecular flexibility index (Phi) is 8.36. The van der Waals surface area contributed by atoms with Crippen LogP contribution in [0.5, 0.6) is 5.88 Å². The van der Waals surface area contributed by atoms with E-state index in [2.05, 4.69) is 21.7 Å². The largest absolute Gasteiger partial charge is 0.481 e. The molecule has 5 rings (SSSR count). The Hall–Kier alpha value is -2.38. The summed E-state index contributed by atoms with van der Waals surface area (Å²) in [6, 6.07) is 1.77. The molecule has 0 unspecified atom stereocenters. The maximum Gasteiger partial charge on any atom is 0.217 e. The average Bonchev–Trinajstić information content (AvgIpc) is 3.22. The van der Waals surface area contributed by atoms with Crippen molar-refractivity contribution in [2.45, 2.75) is 51.5 Å². The van der Waals surface area contributed by atoms with Crippen molar-refractivity contribution < 1.29 is 23.0 Å². The summed E-state index contributed by atoms with van der Waals surface area (Å²) >= 11 is 1.75. The first kappa shape index (κ1) is 29.1. The van der Waals surface area contributed by atoms with Gasteiger partial charge in [-0.15, -0.1) is 11.3 Å². The number of aryl methyl sites for hydroxylation is 1. The van der Waals surface area contributed by atoms with Crippen LogP contribution < -0.4 is 9.64 Å². The second-order valence-electron chi connectivity index (χ2n) is 11.5. The van der Waals surface area contributed by atoms with Crippen LogP contribution in [0.4, 0.5) is 5.82 Å². The number of hydrogen-bond acceptors (Lipinski definition) is 11. The minimum atomic E-state index is -3.30. The molecule has 3 aromatic rings. The summed E-state index contributed by atoms with van der Waals surface area (Å²) in [6.07, 6.45) is 4.80. The third-order valence-electron chi connectivity index (χ3n) is 7.91. The fourth-order valence-corrected chi connectivity index (χ4v) is 7.65. The van der Waals surface area contributed by atoms with Gasteiger partial charge < -0.3 is 19.5 Å². The molecule has 3 aromatic heterocycles. The van der Waals surface area contributed by atoms with Gasteiger partial charge in [-0.3, -0.25) is 4.90 Å². The second-order valence-corrected chi connectivity index (χ2v) is 14.7. The predicted octanol–water partition coefficient (Wildman–Crippen LogP) is 3.43. The highest BCUT2D eigenvalue weighted by molar-refractivity contribution is 7.89. The first-order valence-corrected chi connectivity index (χ1v) is 16.6. The average molecular weight is 590 g/mol. The molecule has 218 valence electrons. The molecular weight excluding hydrogens is 550 g/mol. The van der Waals surface area contributed by atoms with E-state index in [1.54, 1.807) is 23.6 Å². The fraction of sp³-hybridized carbons (Fsp3) is 0.607. The zero-order valence-electron chi connectivity index (χ0n) is 23.9. The molecule has 2 aliphatic heterocycles. The number of sulfone groups is 1. The Labute approximate surface area is 240 Å². The molecule has 0 spiro atoms. The van der Waals surface area contributed by atoms with Crippen LogP contribution in [-0.4, -0.2) is 91.7 Å². The van der Waals surface area contributed by atoms with Crippen molar-refractivity contribution in [3.8, 4) is 17.3 Å². The second kappa shape index (κ2) is 11.5. The van der Waals surface area contributed by atoms with Gasteiger partial charge in [0.25, 0.3) is 0 Å². The van der Waals surface area contributed by atoms with Gasteiger partial charge in [-0.05, 0) is 64.3 Å². The molecule has 10 nitrogen and oxygen atoms in total. The monoisotopic (exact) mass is 589 g/mol. The quantitative estimate of drug-likeness (QED) is 0.419. The van der Waals surface area contributed by atoms with Gasteiger partial charge in [0.05, 0.1) is 41.9 Å². The molecule has 12 heteroatoms. The van der Waals surface area contributed by atoms with E-state index in [1.165, 1.54) is 18.2 Å². The van der Waals surface area contributed by atoms with Crippen LogP contribution in [0.2, 0.25) is 0 Å². The maximum absolute atomic E-state index is 12.1. The maximum atomic E-state index is 12.1. The highest BCUT2D eigenvalue weighted by atomic mass is 32.2. The Morgan fingerprint density at radius 3 is 2.50 bits per heavy atom. The SMILES string of the molecule is COc1ncc(-c2nc(N3CCOCC3)c3sc(CN4CCC(C(C)(C)O)CC4)c(C)c3n2)cc1CS(C)(=O)=O. The van der Waals surface area contributed by atoms with Gasteiger partial charge in [0.1, 0.15) is 0 Å². The third-order valence-corrected chi connectivity index (χ3v) is 10.0. The highest BCUT2D eigenvalue weighted by Gasteiger charge is 2.31. The Balaban J connectivity index is 1.53. The molecule has 0 atom stereocenters. The van der Waals surface area contributed by atoms with Crippen molar-refractivity contribution in [3.63, 3.8) is 0 Å². The van der Waals surface area contributed by atoms with Crippen molar-refractivity contribution in [2.75, 3.05) is 57.7 Å². The molecule has 0 saturated carbocycles. The number of hydrogen-bond donors (Lipinski definition) is 1. The first-order chi connectivity index (χ1) is 18.9. The zero-order valence-corrected chi connectivity index (χ0v) is 25.6. The van der Waals surface area contributed by atoms with E-state index in [-0.39, 0.29) is 11.6 Å². The number of thiophene rings is 1. The summed E-state index contributed by atoms with van der Waals surface area (Å²) in [5, 5.41) is 10.4. The lowest BCUT2D eigenvalue weighted by molar-refractivity contribution is -0.0135. The lowest BCUT2D eigenvalue weighted by Crippen LogP contribution is -2.41. The predicted molar refractivity (Wildman–Crippen MR) is 158 cm³/mol. The lowest BCUT2D eigenvalue weighted by Gasteiger charge is -2.37. The number of rotatable bonds is 8. The number of fused-ring (bicyclic) bond motifs is 1. The number of methoxy groups -OCH3 is 1. The van der Waals surface area contributed by atoms with Crippen molar-refractivity contribution in [3.05, 3.63) is 28.3 Å². The molecular formula is C28H39N5O5S2. The summed E-state index contributed by atoms with van der Waals surface area (Å²) in [7, 11) is -1.82. The Morgan fingerprint density at radius 1 is 1.18 bits per heavy atom. The van der Waals surface area contributed by atoms with Gasteiger partial charge in [-0.1, -0.05) is 0 Å². The normalized spacial score (nSPS) is 18.0. The molecule has 0 aromatic carbocycles. The highest BCUT2D eigenvalue weighted by Crippen LogP contribution is 2.39. The van der Waals surface area contributed by atoms with Crippen LogP contribution in [0.25, 0.3) is 21.6 Å². The van der Waals surface area contributed by atoms with Crippen molar-refractivity contribution in [1.82, 2.24) is 19.9 Å². The van der Waals surface area contributed by atoms with E-state index in [1.807, 2.05) is 13.8 Å².